The second-order valence-electron chi connectivity index (χ2n) is 7.73. The monoisotopic (exact) mass is 541 g/mol. The first-order valence-electron chi connectivity index (χ1n) is 10.7. The van der Waals surface area contributed by atoms with Crippen LogP contribution in [0, 0.1) is 0 Å². The number of amides is 1. The second-order valence-corrected chi connectivity index (χ2v) is 9.94. The molecule has 1 saturated heterocycles. The summed E-state index contributed by atoms with van der Waals surface area (Å²) in [5.74, 6) is -0.354. The van der Waals surface area contributed by atoms with Gasteiger partial charge in [0.2, 0.25) is 5.91 Å². The van der Waals surface area contributed by atoms with Crippen LogP contribution in [0.15, 0.2) is 71.2 Å². The normalized spacial score (nSPS) is 13.3. The summed E-state index contributed by atoms with van der Waals surface area (Å²) < 4.78 is 5.06. The molecule has 1 amide bonds. The van der Waals surface area contributed by atoms with E-state index < -0.39 is 0 Å². The summed E-state index contributed by atoms with van der Waals surface area (Å²) in [7, 11) is 0. The molecular formula is C24H36ClN5O3S2. The molecule has 3 heterocycles. The SMILES string of the molecule is C[C@@H](C(N)=O)n1ccc2ccc(Cl)cc21.O.O.[HH].[HH].[HH].c1csc(NSc2ccc(N3CCCC3)cc2)n1. The molecule has 194 valence electrons. The molecule has 2 aromatic carbocycles. The van der Waals surface area contributed by atoms with Gasteiger partial charge in [-0.3, -0.25) is 4.79 Å². The Hall–Kier alpha value is -2.76. The molecule has 1 fully saturated rings. The van der Waals surface area contributed by atoms with Gasteiger partial charge in [0, 0.05) is 50.7 Å². The fourth-order valence-corrected chi connectivity index (χ4v) is 5.06. The highest BCUT2D eigenvalue weighted by Crippen LogP contribution is 2.26. The molecule has 0 aliphatic carbocycles. The molecule has 0 unspecified atom stereocenters. The predicted molar refractivity (Wildman–Crippen MR) is 154 cm³/mol. The molecule has 11 heteroatoms. The number of carbonyl (C=O) groups is 1. The van der Waals surface area contributed by atoms with Crippen molar-refractivity contribution in [3.05, 3.63) is 71.3 Å². The van der Waals surface area contributed by atoms with Gasteiger partial charge in [-0.05, 0) is 79.6 Å². The van der Waals surface area contributed by atoms with Crippen molar-refractivity contribution in [2.45, 2.75) is 30.7 Å². The molecule has 2 aromatic heterocycles. The number of nitrogens with one attached hydrogen (secondary N) is 1. The number of halogens is 1. The molecular weight excluding hydrogens is 506 g/mol. The van der Waals surface area contributed by atoms with Gasteiger partial charge < -0.3 is 30.9 Å². The van der Waals surface area contributed by atoms with Gasteiger partial charge in [-0.2, -0.15) is 0 Å². The van der Waals surface area contributed by atoms with Gasteiger partial charge in [0.05, 0.1) is 5.52 Å². The van der Waals surface area contributed by atoms with Crippen molar-refractivity contribution in [2.24, 2.45) is 5.73 Å². The zero-order valence-corrected chi connectivity index (χ0v) is 21.7. The van der Waals surface area contributed by atoms with Gasteiger partial charge in [-0.15, -0.1) is 11.3 Å². The van der Waals surface area contributed by atoms with Gasteiger partial charge in [-0.1, -0.05) is 17.7 Å². The second kappa shape index (κ2) is 13.4. The third-order valence-electron chi connectivity index (χ3n) is 5.51. The highest BCUT2D eigenvalue weighted by molar-refractivity contribution is 8.00. The molecule has 0 bridgehead atoms. The standard InChI is InChI=1S/C13H15N3S2.C11H11ClN2O.2H2O.3H2/c1-2-9-16(8-1)11-3-5-12(6-4-11)18-15-13-14-7-10-17-13;1-7(11(13)15)14-5-4-8-2-3-9(12)6-10(8)14;;;;;/h3-7,10H,1-2,8-9H2,(H,14,15);2-7H,1H3,(H2,13,15);2*1H2;3*1H/t;7-;;;;;/m.0...../s1. The van der Waals surface area contributed by atoms with E-state index in [2.05, 4.69) is 38.9 Å². The number of rotatable bonds is 6. The molecule has 0 radical (unpaired) electrons. The van der Waals surface area contributed by atoms with Crippen LogP contribution >= 0.6 is 34.9 Å². The topological polar surface area (TPSA) is 139 Å². The number of aromatic nitrogens is 2. The van der Waals surface area contributed by atoms with E-state index in [-0.39, 0.29) is 27.2 Å². The lowest BCUT2D eigenvalue weighted by molar-refractivity contribution is -0.120. The van der Waals surface area contributed by atoms with Crippen molar-refractivity contribution in [3.63, 3.8) is 0 Å². The summed E-state index contributed by atoms with van der Waals surface area (Å²) in [6, 6.07) is 15.9. The minimum Gasteiger partial charge on any atom is -0.412 e. The third-order valence-corrected chi connectivity index (χ3v) is 7.37. The molecule has 4 aromatic rings. The number of carbonyl (C=O) groups excluding carboxylic acids is 1. The quantitative estimate of drug-likeness (QED) is 0.319. The van der Waals surface area contributed by atoms with E-state index in [0.29, 0.717) is 5.02 Å². The average Bonchev–Trinajstić information content (AvgIpc) is 3.60. The number of anilines is 2. The van der Waals surface area contributed by atoms with Crippen LogP contribution in [0.25, 0.3) is 10.9 Å². The molecule has 1 aliphatic rings. The fourth-order valence-electron chi connectivity index (χ4n) is 3.67. The number of hydrogen-bond donors (Lipinski definition) is 2. The van der Waals surface area contributed by atoms with Crippen LogP contribution in [0.2, 0.25) is 5.02 Å². The average molecular weight is 542 g/mol. The van der Waals surface area contributed by atoms with Gasteiger partial charge in [0.25, 0.3) is 0 Å². The Morgan fingerprint density at radius 2 is 1.89 bits per heavy atom. The van der Waals surface area contributed by atoms with Crippen molar-refractivity contribution in [1.82, 2.24) is 9.55 Å². The van der Waals surface area contributed by atoms with Crippen LogP contribution in [-0.4, -0.2) is 39.5 Å². The van der Waals surface area contributed by atoms with E-state index in [0.717, 1.165) is 16.0 Å². The molecule has 0 saturated carbocycles. The van der Waals surface area contributed by atoms with Crippen molar-refractivity contribution in [1.29, 1.82) is 0 Å². The summed E-state index contributed by atoms with van der Waals surface area (Å²) in [4.78, 5) is 18.9. The lowest BCUT2D eigenvalue weighted by Crippen LogP contribution is -2.23. The van der Waals surface area contributed by atoms with E-state index in [1.165, 1.54) is 36.5 Å². The third kappa shape index (κ3) is 7.36. The summed E-state index contributed by atoms with van der Waals surface area (Å²) in [6.07, 6.45) is 6.30. The summed E-state index contributed by atoms with van der Waals surface area (Å²) in [5.41, 5.74) is 7.53. The summed E-state index contributed by atoms with van der Waals surface area (Å²) >= 11 is 9.13. The highest BCUT2D eigenvalue weighted by atomic mass is 35.5. The number of fused-ring (bicyclic) bond motifs is 1. The van der Waals surface area contributed by atoms with E-state index >= 15 is 0 Å². The number of nitrogens with zero attached hydrogens (tertiary/aromatic N) is 3. The highest BCUT2D eigenvalue weighted by Gasteiger charge is 2.13. The number of benzene rings is 2. The molecule has 0 spiro atoms. The zero-order chi connectivity index (χ0) is 23.2. The smallest absolute Gasteiger partial charge is 0.240 e. The Labute approximate surface area is 222 Å². The first-order chi connectivity index (χ1) is 16.0. The van der Waals surface area contributed by atoms with E-state index in [1.807, 2.05) is 46.6 Å². The van der Waals surface area contributed by atoms with Crippen LogP contribution < -0.4 is 15.4 Å². The van der Waals surface area contributed by atoms with Crippen LogP contribution in [-0.2, 0) is 4.79 Å². The Bertz CT molecular complexity index is 1210. The number of primary amides is 1. The Morgan fingerprint density at radius 3 is 2.51 bits per heavy atom. The minimum absolute atomic E-state index is 0. The van der Waals surface area contributed by atoms with Crippen LogP contribution in [0.4, 0.5) is 10.8 Å². The first kappa shape index (κ1) is 28.5. The van der Waals surface area contributed by atoms with Gasteiger partial charge in [0.1, 0.15) is 6.04 Å². The van der Waals surface area contributed by atoms with Crippen LogP contribution in [0.3, 0.4) is 0 Å². The van der Waals surface area contributed by atoms with Crippen molar-refractivity contribution in [3.8, 4) is 0 Å². The zero-order valence-electron chi connectivity index (χ0n) is 19.3. The lowest BCUT2D eigenvalue weighted by Gasteiger charge is -2.17. The minimum atomic E-state index is -0.360. The lowest BCUT2D eigenvalue weighted by atomic mass is 10.2. The summed E-state index contributed by atoms with van der Waals surface area (Å²) in [6.45, 7) is 4.16. The van der Waals surface area contributed by atoms with E-state index in [4.69, 9.17) is 17.3 Å². The van der Waals surface area contributed by atoms with Gasteiger partial charge >= 0.3 is 0 Å². The Morgan fingerprint density at radius 1 is 1.17 bits per heavy atom. The number of thiazole rings is 1. The van der Waals surface area contributed by atoms with Gasteiger partial charge in [-0.25, -0.2) is 4.98 Å². The fraction of sp³-hybridized carbons (Fsp3) is 0.250. The van der Waals surface area contributed by atoms with Crippen LogP contribution in [0.1, 0.15) is 30.1 Å². The largest absolute Gasteiger partial charge is 0.412 e. The maximum Gasteiger partial charge on any atom is 0.240 e. The maximum atomic E-state index is 11.1. The first-order valence-corrected chi connectivity index (χ1v) is 12.8. The van der Waals surface area contributed by atoms with Crippen molar-refractivity contribution in [2.75, 3.05) is 22.7 Å². The summed E-state index contributed by atoms with van der Waals surface area (Å²) in [5, 5.41) is 4.62. The van der Waals surface area contributed by atoms with Crippen molar-refractivity contribution < 1.29 is 20.0 Å². The Kier molecular flexibility index (Phi) is 10.9. The van der Waals surface area contributed by atoms with Gasteiger partial charge in [0.15, 0.2) is 5.13 Å². The van der Waals surface area contributed by atoms with E-state index in [9.17, 15) is 4.79 Å². The molecule has 35 heavy (non-hydrogen) atoms. The van der Waals surface area contributed by atoms with Crippen molar-refractivity contribution >= 4 is 62.5 Å². The molecule has 7 N–H and O–H groups in total. The van der Waals surface area contributed by atoms with E-state index in [1.54, 1.807) is 30.2 Å². The molecule has 5 rings (SSSR count). The van der Waals surface area contributed by atoms with Crippen LogP contribution in [0.5, 0.6) is 0 Å². The molecule has 1 aliphatic heterocycles. The Balaban J connectivity index is 0. The maximum absolute atomic E-state index is 11.1. The molecule has 1 atom stereocenters. The predicted octanol–water partition coefficient (Wildman–Crippen LogP) is 5.29. The number of nitrogens with two attached hydrogens (primary N) is 1. The molecule has 8 nitrogen and oxygen atoms in total. The number of hydrogen-bond acceptors (Lipinski definition) is 6.